The van der Waals surface area contributed by atoms with Crippen LogP contribution in [0.2, 0.25) is 0 Å². The zero-order valence-corrected chi connectivity index (χ0v) is 15.6. The molecule has 1 aromatic rings. The maximum atomic E-state index is 12.3. The number of rotatable bonds is 7. The summed E-state index contributed by atoms with van der Waals surface area (Å²) in [5.74, 6) is -0.774. The fraction of sp³-hybridized carbons (Fsp3) is 0.625. The van der Waals surface area contributed by atoms with Crippen LogP contribution in [-0.2, 0) is 21.4 Å². The number of carbonyl (C=O) groups is 1. The number of alkyl halides is 3. The summed E-state index contributed by atoms with van der Waals surface area (Å²) < 4.78 is 66.6. The smallest absolute Gasteiger partial charge is 0.422 e. The Balaban J connectivity index is 1.88. The van der Waals surface area contributed by atoms with Gasteiger partial charge in [0.1, 0.15) is 0 Å². The molecule has 0 aromatic carbocycles. The van der Waals surface area contributed by atoms with Gasteiger partial charge in [-0.3, -0.25) is 4.79 Å². The Labute approximate surface area is 156 Å². The van der Waals surface area contributed by atoms with Gasteiger partial charge >= 0.3 is 6.18 Å². The molecule has 0 unspecified atom stereocenters. The normalized spacial score (nSPS) is 16.9. The van der Waals surface area contributed by atoms with Gasteiger partial charge in [0.15, 0.2) is 6.61 Å². The topological polar surface area (TPSA) is 88.6 Å². The van der Waals surface area contributed by atoms with Crippen molar-refractivity contribution in [1.82, 2.24) is 14.6 Å². The molecule has 1 aromatic heterocycles. The van der Waals surface area contributed by atoms with Gasteiger partial charge in [0.25, 0.3) is 0 Å². The minimum atomic E-state index is -4.48. The van der Waals surface area contributed by atoms with Crippen LogP contribution in [0.4, 0.5) is 13.2 Å². The molecule has 1 fully saturated rings. The van der Waals surface area contributed by atoms with E-state index in [4.69, 9.17) is 0 Å². The van der Waals surface area contributed by atoms with Gasteiger partial charge in [-0.15, -0.1) is 0 Å². The Kier molecular flexibility index (Phi) is 7.04. The molecular formula is C16H22F3N3O4S. The number of nitrogens with zero attached hydrogens (tertiary/aromatic N) is 2. The van der Waals surface area contributed by atoms with Crippen LogP contribution in [0.15, 0.2) is 18.3 Å². The molecule has 27 heavy (non-hydrogen) atoms. The SMILES string of the molecule is CCS(=O)(=O)N1CCC(C(=O)NCc2cccnc2OCC(F)(F)F)CC1. The Morgan fingerprint density at radius 3 is 2.63 bits per heavy atom. The van der Waals surface area contributed by atoms with Crippen molar-refractivity contribution in [2.75, 3.05) is 25.4 Å². The van der Waals surface area contributed by atoms with Gasteiger partial charge in [-0.05, 0) is 25.8 Å². The van der Waals surface area contributed by atoms with Crippen LogP contribution in [0.3, 0.4) is 0 Å². The van der Waals surface area contributed by atoms with E-state index in [0.29, 0.717) is 18.4 Å². The van der Waals surface area contributed by atoms with Crippen molar-refractivity contribution in [2.24, 2.45) is 5.92 Å². The highest BCUT2D eigenvalue weighted by Gasteiger charge is 2.31. The predicted molar refractivity (Wildman–Crippen MR) is 91.4 cm³/mol. The Morgan fingerprint density at radius 2 is 2.04 bits per heavy atom. The largest absolute Gasteiger partial charge is 0.468 e. The Bertz CT molecular complexity index is 748. The lowest BCUT2D eigenvalue weighted by atomic mass is 9.97. The van der Waals surface area contributed by atoms with E-state index in [2.05, 4.69) is 15.0 Å². The predicted octanol–water partition coefficient (Wildman–Crippen LogP) is 1.70. The fourth-order valence-electron chi connectivity index (χ4n) is 2.74. The minimum Gasteiger partial charge on any atom is -0.468 e. The number of hydrogen-bond acceptors (Lipinski definition) is 5. The van der Waals surface area contributed by atoms with Gasteiger partial charge in [-0.25, -0.2) is 17.7 Å². The van der Waals surface area contributed by atoms with Gasteiger partial charge in [-0.1, -0.05) is 6.07 Å². The fourth-order valence-corrected chi connectivity index (χ4v) is 3.88. The van der Waals surface area contributed by atoms with Crippen molar-refractivity contribution in [3.63, 3.8) is 0 Å². The monoisotopic (exact) mass is 409 g/mol. The molecule has 2 heterocycles. The molecule has 152 valence electrons. The molecule has 11 heteroatoms. The first-order valence-electron chi connectivity index (χ1n) is 8.51. The highest BCUT2D eigenvalue weighted by molar-refractivity contribution is 7.89. The summed E-state index contributed by atoms with van der Waals surface area (Å²) in [7, 11) is -3.26. The molecule has 1 N–H and O–H groups in total. The van der Waals surface area contributed by atoms with Crippen molar-refractivity contribution in [2.45, 2.75) is 32.5 Å². The second-order valence-corrected chi connectivity index (χ2v) is 8.42. The van der Waals surface area contributed by atoms with E-state index in [1.165, 1.54) is 22.6 Å². The second kappa shape index (κ2) is 8.87. The van der Waals surface area contributed by atoms with Gasteiger partial charge < -0.3 is 10.1 Å². The van der Waals surface area contributed by atoms with E-state index in [1.807, 2.05) is 0 Å². The number of ether oxygens (including phenoxy) is 1. The average molecular weight is 409 g/mol. The molecule has 0 radical (unpaired) electrons. The van der Waals surface area contributed by atoms with Crippen LogP contribution >= 0.6 is 0 Å². The van der Waals surface area contributed by atoms with E-state index in [1.54, 1.807) is 6.92 Å². The van der Waals surface area contributed by atoms with Crippen molar-refractivity contribution < 1.29 is 31.1 Å². The van der Waals surface area contributed by atoms with Crippen molar-refractivity contribution in [3.05, 3.63) is 23.9 Å². The highest BCUT2D eigenvalue weighted by Crippen LogP contribution is 2.22. The van der Waals surface area contributed by atoms with E-state index < -0.39 is 22.8 Å². The van der Waals surface area contributed by atoms with Gasteiger partial charge in [0.05, 0.1) is 5.75 Å². The third-order valence-corrected chi connectivity index (χ3v) is 6.14. The lowest BCUT2D eigenvalue weighted by molar-refractivity contribution is -0.154. The van der Waals surface area contributed by atoms with Gasteiger partial charge in [0, 0.05) is 37.3 Å². The number of carbonyl (C=O) groups excluding carboxylic acids is 1. The minimum absolute atomic E-state index is 0.0194. The lowest BCUT2D eigenvalue weighted by Gasteiger charge is -2.30. The molecule has 2 rings (SSSR count). The average Bonchev–Trinajstić information content (AvgIpc) is 2.64. The number of halogens is 3. The Hall–Kier alpha value is -1.88. The number of amides is 1. The third kappa shape index (κ3) is 6.35. The van der Waals surface area contributed by atoms with Crippen LogP contribution in [0, 0.1) is 5.92 Å². The molecule has 0 spiro atoms. The first-order chi connectivity index (χ1) is 12.6. The first-order valence-corrected chi connectivity index (χ1v) is 10.1. The standard InChI is InChI=1S/C16H22F3N3O4S/c1-2-27(24,25)22-8-5-12(6-9-22)14(23)21-10-13-4-3-7-20-15(13)26-11-16(17,18)19/h3-4,7,12H,2,5-6,8-11H2,1H3,(H,21,23). The summed E-state index contributed by atoms with van der Waals surface area (Å²) >= 11 is 0. The summed E-state index contributed by atoms with van der Waals surface area (Å²) in [4.78, 5) is 16.1. The van der Waals surface area contributed by atoms with E-state index >= 15 is 0 Å². The van der Waals surface area contributed by atoms with Crippen LogP contribution in [0.1, 0.15) is 25.3 Å². The van der Waals surface area contributed by atoms with Gasteiger partial charge in [-0.2, -0.15) is 13.2 Å². The summed E-state index contributed by atoms with van der Waals surface area (Å²) in [6, 6.07) is 3.06. The maximum absolute atomic E-state index is 12.3. The number of sulfonamides is 1. The number of hydrogen-bond donors (Lipinski definition) is 1. The quantitative estimate of drug-likeness (QED) is 0.741. The molecule has 1 aliphatic heterocycles. The second-order valence-electron chi connectivity index (χ2n) is 6.16. The number of nitrogens with one attached hydrogen (secondary N) is 1. The molecule has 0 aliphatic carbocycles. The summed E-state index contributed by atoms with van der Waals surface area (Å²) in [5, 5.41) is 2.67. The Morgan fingerprint density at radius 1 is 1.37 bits per heavy atom. The lowest BCUT2D eigenvalue weighted by Crippen LogP contribution is -2.43. The zero-order valence-electron chi connectivity index (χ0n) is 14.8. The molecule has 0 bridgehead atoms. The molecule has 1 saturated heterocycles. The van der Waals surface area contributed by atoms with Crippen LogP contribution < -0.4 is 10.1 Å². The van der Waals surface area contributed by atoms with Gasteiger partial charge in [0.2, 0.25) is 21.8 Å². The summed E-state index contributed by atoms with van der Waals surface area (Å²) in [6.07, 6.45) is -2.38. The van der Waals surface area contributed by atoms with E-state index in [0.717, 1.165) is 0 Å². The molecule has 7 nitrogen and oxygen atoms in total. The molecule has 0 atom stereocenters. The van der Waals surface area contributed by atoms with E-state index in [-0.39, 0.29) is 43.1 Å². The number of pyridine rings is 1. The third-order valence-electron chi connectivity index (χ3n) is 4.26. The maximum Gasteiger partial charge on any atom is 0.422 e. The number of aromatic nitrogens is 1. The van der Waals surface area contributed by atoms with Crippen molar-refractivity contribution in [1.29, 1.82) is 0 Å². The molecule has 1 amide bonds. The van der Waals surface area contributed by atoms with Crippen LogP contribution in [-0.4, -0.2) is 55.2 Å². The first kappa shape index (κ1) is 21.4. The summed E-state index contributed by atoms with van der Waals surface area (Å²) in [6.45, 7) is 0.644. The molecule has 0 saturated carbocycles. The van der Waals surface area contributed by atoms with Crippen molar-refractivity contribution in [3.8, 4) is 5.88 Å². The highest BCUT2D eigenvalue weighted by atomic mass is 32.2. The van der Waals surface area contributed by atoms with E-state index in [9.17, 15) is 26.4 Å². The van der Waals surface area contributed by atoms with Crippen LogP contribution in [0.25, 0.3) is 0 Å². The molecule has 1 aliphatic rings. The van der Waals surface area contributed by atoms with Crippen molar-refractivity contribution >= 4 is 15.9 Å². The van der Waals surface area contributed by atoms with Crippen LogP contribution in [0.5, 0.6) is 5.88 Å². The zero-order chi connectivity index (χ0) is 20.1. The summed E-state index contributed by atoms with van der Waals surface area (Å²) in [5.41, 5.74) is 0.334. The molecular weight excluding hydrogens is 387 g/mol. The number of piperidine rings is 1.